The Morgan fingerprint density at radius 3 is 2.67 bits per heavy atom. The van der Waals surface area contributed by atoms with Crippen LogP contribution in [-0.4, -0.2) is 29.1 Å². The van der Waals surface area contributed by atoms with E-state index in [2.05, 4.69) is 20.6 Å². The predicted octanol–water partition coefficient (Wildman–Crippen LogP) is 4.31. The standard InChI is InChI=1S/C20H20N4O2S/c25-19(15-7-10-26-11-8-15)22-16-5-3-14(4-6-16)18-13-27-20(24-18)23-17-2-1-9-21-12-17/h1-6,9,12-13,15H,7-8,10-11H2,(H,22,25)(H,23,24). The van der Waals surface area contributed by atoms with Gasteiger partial charge in [-0.25, -0.2) is 4.98 Å². The third-order valence-corrected chi connectivity index (χ3v) is 5.22. The third kappa shape index (κ3) is 4.50. The molecule has 3 aromatic rings. The topological polar surface area (TPSA) is 76.1 Å². The maximum Gasteiger partial charge on any atom is 0.227 e. The summed E-state index contributed by atoms with van der Waals surface area (Å²) in [6, 6.07) is 11.6. The number of amides is 1. The molecule has 1 aliphatic rings. The van der Waals surface area contributed by atoms with E-state index < -0.39 is 0 Å². The van der Waals surface area contributed by atoms with Crippen LogP contribution in [-0.2, 0) is 9.53 Å². The molecule has 27 heavy (non-hydrogen) atoms. The number of aromatic nitrogens is 2. The van der Waals surface area contributed by atoms with E-state index >= 15 is 0 Å². The highest BCUT2D eigenvalue weighted by Gasteiger charge is 2.21. The second kappa shape index (κ2) is 8.28. The summed E-state index contributed by atoms with van der Waals surface area (Å²) in [6.45, 7) is 1.33. The van der Waals surface area contributed by atoms with Gasteiger partial charge in [-0.1, -0.05) is 12.1 Å². The first-order valence-electron chi connectivity index (χ1n) is 8.89. The fourth-order valence-electron chi connectivity index (χ4n) is 2.95. The number of rotatable bonds is 5. The van der Waals surface area contributed by atoms with Gasteiger partial charge in [-0.3, -0.25) is 9.78 Å². The lowest BCUT2D eigenvalue weighted by Gasteiger charge is -2.21. The number of nitrogens with zero attached hydrogens (tertiary/aromatic N) is 2. The van der Waals surface area contributed by atoms with Gasteiger partial charge in [0.2, 0.25) is 5.91 Å². The normalized spacial score (nSPS) is 14.7. The average Bonchev–Trinajstić information content (AvgIpc) is 3.18. The van der Waals surface area contributed by atoms with Gasteiger partial charge < -0.3 is 15.4 Å². The van der Waals surface area contributed by atoms with Gasteiger partial charge in [0, 0.05) is 42.0 Å². The zero-order chi connectivity index (χ0) is 18.5. The smallest absolute Gasteiger partial charge is 0.227 e. The molecule has 1 amide bonds. The Labute approximate surface area is 161 Å². The molecule has 0 radical (unpaired) electrons. The summed E-state index contributed by atoms with van der Waals surface area (Å²) in [4.78, 5) is 21.0. The third-order valence-electron chi connectivity index (χ3n) is 4.46. The summed E-state index contributed by atoms with van der Waals surface area (Å²) in [7, 11) is 0. The van der Waals surface area contributed by atoms with E-state index in [-0.39, 0.29) is 11.8 Å². The van der Waals surface area contributed by atoms with E-state index in [0.717, 1.165) is 40.6 Å². The van der Waals surface area contributed by atoms with Crippen LogP contribution in [0.1, 0.15) is 12.8 Å². The van der Waals surface area contributed by atoms with Crippen molar-refractivity contribution in [3.8, 4) is 11.3 Å². The Bertz CT molecular complexity index is 890. The van der Waals surface area contributed by atoms with E-state index in [1.54, 1.807) is 23.7 Å². The Morgan fingerprint density at radius 1 is 1.11 bits per heavy atom. The van der Waals surface area contributed by atoms with E-state index in [4.69, 9.17) is 4.74 Å². The molecule has 0 spiro atoms. The first-order valence-corrected chi connectivity index (χ1v) is 9.77. The van der Waals surface area contributed by atoms with Crippen molar-refractivity contribution in [1.29, 1.82) is 0 Å². The minimum Gasteiger partial charge on any atom is -0.381 e. The van der Waals surface area contributed by atoms with E-state index in [0.29, 0.717) is 13.2 Å². The van der Waals surface area contributed by atoms with Crippen molar-refractivity contribution in [3.05, 3.63) is 54.2 Å². The quantitative estimate of drug-likeness (QED) is 0.690. The molecule has 2 N–H and O–H groups in total. The van der Waals surface area contributed by atoms with E-state index in [1.807, 2.05) is 41.8 Å². The number of hydrogen-bond donors (Lipinski definition) is 2. The molecule has 0 atom stereocenters. The van der Waals surface area contributed by atoms with Crippen molar-refractivity contribution in [2.24, 2.45) is 5.92 Å². The average molecular weight is 380 g/mol. The monoisotopic (exact) mass is 380 g/mol. The molecule has 1 saturated heterocycles. The second-order valence-corrected chi connectivity index (χ2v) is 7.22. The highest BCUT2D eigenvalue weighted by atomic mass is 32.1. The van der Waals surface area contributed by atoms with Crippen LogP contribution >= 0.6 is 11.3 Å². The van der Waals surface area contributed by atoms with E-state index in [9.17, 15) is 4.79 Å². The number of carbonyl (C=O) groups is 1. The van der Waals surface area contributed by atoms with Gasteiger partial charge in [0.15, 0.2) is 5.13 Å². The summed E-state index contributed by atoms with van der Waals surface area (Å²) in [5.74, 6) is 0.112. The largest absolute Gasteiger partial charge is 0.381 e. The summed E-state index contributed by atoms with van der Waals surface area (Å²) >= 11 is 1.54. The lowest BCUT2D eigenvalue weighted by molar-refractivity contribution is -0.122. The Morgan fingerprint density at radius 2 is 1.93 bits per heavy atom. The Kier molecular flexibility index (Phi) is 5.41. The Balaban J connectivity index is 1.39. The van der Waals surface area contributed by atoms with Crippen LogP contribution in [0.2, 0.25) is 0 Å². The highest BCUT2D eigenvalue weighted by molar-refractivity contribution is 7.14. The van der Waals surface area contributed by atoms with Crippen molar-refractivity contribution in [1.82, 2.24) is 9.97 Å². The number of pyridine rings is 1. The van der Waals surface area contributed by atoms with Crippen molar-refractivity contribution >= 4 is 33.8 Å². The highest BCUT2D eigenvalue weighted by Crippen LogP contribution is 2.28. The molecular formula is C20H20N4O2S. The fraction of sp³-hybridized carbons (Fsp3) is 0.250. The van der Waals surface area contributed by atoms with Gasteiger partial charge in [-0.2, -0.15) is 0 Å². The number of thiazole rings is 1. The van der Waals surface area contributed by atoms with Crippen LogP contribution in [0.15, 0.2) is 54.2 Å². The Hall–Kier alpha value is -2.77. The van der Waals surface area contributed by atoms with Crippen molar-refractivity contribution in [2.45, 2.75) is 12.8 Å². The molecule has 0 unspecified atom stereocenters. The molecule has 0 saturated carbocycles. The zero-order valence-corrected chi connectivity index (χ0v) is 15.5. The molecular weight excluding hydrogens is 360 g/mol. The van der Waals surface area contributed by atoms with Crippen molar-refractivity contribution in [2.75, 3.05) is 23.8 Å². The number of carbonyl (C=O) groups excluding carboxylic acids is 1. The number of ether oxygens (including phenoxy) is 1. The molecule has 0 aliphatic carbocycles. The van der Waals surface area contributed by atoms with Crippen LogP contribution in [0.3, 0.4) is 0 Å². The minimum absolute atomic E-state index is 0.0399. The predicted molar refractivity (Wildman–Crippen MR) is 107 cm³/mol. The summed E-state index contributed by atoms with van der Waals surface area (Å²) in [6.07, 6.45) is 5.07. The first-order chi connectivity index (χ1) is 13.3. The van der Waals surface area contributed by atoms with Gasteiger partial charge in [0.05, 0.1) is 17.6 Å². The van der Waals surface area contributed by atoms with Gasteiger partial charge in [-0.05, 0) is 37.1 Å². The summed E-state index contributed by atoms with van der Waals surface area (Å²) in [5.41, 5.74) is 3.62. The fourth-order valence-corrected chi connectivity index (χ4v) is 3.69. The van der Waals surface area contributed by atoms with Gasteiger partial charge in [0.25, 0.3) is 0 Å². The molecule has 2 aromatic heterocycles. The molecule has 1 aliphatic heterocycles. The first kappa shape index (κ1) is 17.6. The van der Waals surface area contributed by atoms with Crippen molar-refractivity contribution < 1.29 is 9.53 Å². The molecule has 3 heterocycles. The number of benzene rings is 1. The summed E-state index contributed by atoms with van der Waals surface area (Å²) < 4.78 is 5.31. The van der Waals surface area contributed by atoms with Crippen LogP contribution < -0.4 is 10.6 Å². The number of hydrogen-bond acceptors (Lipinski definition) is 6. The maximum atomic E-state index is 12.3. The van der Waals surface area contributed by atoms with Gasteiger partial charge in [0.1, 0.15) is 0 Å². The van der Waals surface area contributed by atoms with Crippen LogP contribution in [0.25, 0.3) is 11.3 Å². The molecule has 4 rings (SSSR count). The molecule has 138 valence electrons. The molecule has 1 fully saturated rings. The van der Waals surface area contributed by atoms with Gasteiger partial charge in [-0.15, -0.1) is 11.3 Å². The van der Waals surface area contributed by atoms with Crippen molar-refractivity contribution in [3.63, 3.8) is 0 Å². The van der Waals surface area contributed by atoms with Crippen LogP contribution in [0, 0.1) is 5.92 Å². The lowest BCUT2D eigenvalue weighted by Crippen LogP contribution is -2.28. The number of nitrogens with one attached hydrogen (secondary N) is 2. The lowest BCUT2D eigenvalue weighted by atomic mass is 9.99. The molecule has 1 aromatic carbocycles. The minimum atomic E-state index is 0.0399. The molecule has 7 heteroatoms. The second-order valence-electron chi connectivity index (χ2n) is 6.36. The number of anilines is 3. The van der Waals surface area contributed by atoms with Crippen LogP contribution in [0.4, 0.5) is 16.5 Å². The zero-order valence-electron chi connectivity index (χ0n) is 14.7. The molecule has 0 bridgehead atoms. The summed E-state index contributed by atoms with van der Waals surface area (Å²) in [5, 5.41) is 9.07. The van der Waals surface area contributed by atoms with E-state index in [1.165, 1.54) is 0 Å². The van der Waals surface area contributed by atoms with Gasteiger partial charge >= 0.3 is 0 Å². The SMILES string of the molecule is O=C(Nc1ccc(-c2csc(Nc3cccnc3)n2)cc1)C1CCOCC1. The van der Waals surface area contributed by atoms with Crippen LogP contribution in [0.5, 0.6) is 0 Å². The maximum absolute atomic E-state index is 12.3. The molecule has 6 nitrogen and oxygen atoms in total.